The van der Waals surface area contributed by atoms with Crippen LogP contribution in [0.5, 0.6) is 0 Å². The molecule has 1 atom stereocenters. The van der Waals surface area contributed by atoms with Gasteiger partial charge in [-0.2, -0.15) is 0 Å². The van der Waals surface area contributed by atoms with Crippen molar-refractivity contribution in [3.05, 3.63) is 77.1 Å². The van der Waals surface area contributed by atoms with Crippen molar-refractivity contribution < 1.29 is 13.9 Å². The van der Waals surface area contributed by atoms with Crippen molar-refractivity contribution in [2.45, 2.75) is 13.0 Å². The average molecular weight is 366 g/mol. The summed E-state index contributed by atoms with van der Waals surface area (Å²) in [5, 5.41) is 14.4. The zero-order valence-electron chi connectivity index (χ0n) is 14.4. The molecule has 2 N–H and O–H groups in total. The van der Waals surface area contributed by atoms with Crippen LogP contribution in [0.1, 0.15) is 24.4 Å². The van der Waals surface area contributed by atoms with Crippen LogP contribution in [0.15, 0.2) is 59.1 Å². The molecule has 27 heavy (non-hydrogen) atoms. The molecule has 136 valence electrons. The first-order chi connectivity index (χ1) is 13.0. The number of nitrogens with one attached hydrogen (secondary N) is 1. The Balaban J connectivity index is 1.80. The molecule has 1 unspecified atom stereocenters. The fourth-order valence-corrected chi connectivity index (χ4v) is 2.86. The number of aliphatic hydroxyl groups is 1. The van der Waals surface area contributed by atoms with E-state index in [-0.39, 0.29) is 5.82 Å². The number of aromatic nitrogens is 2. The molecule has 0 spiro atoms. The maximum atomic E-state index is 13.7. The van der Waals surface area contributed by atoms with E-state index in [1.54, 1.807) is 6.07 Å². The third kappa shape index (κ3) is 3.54. The first-order valence-electron chi connectivity index (χ1n) is 8.39. The predicted octanol–water partition coefficient (Wildman–Crippen LogP) is 3.76. The van der Waals surface area contributed by atoms with Crippen molar-refractivity contribution in [1.29, 1.82) is 0 Å². The van der Waals surface area contributed by atoms with Crippen molar-refractivity contribution in [2.75, 3.05) is 11.9 Å². The van der Waals surface area contributed by atoms with Gasteiger partial charge in [0, 0.05) is 11.5 Å². The second-order valence-electron chi connectivity index (χ2n) is 6.36. The van der Waals surface area contributed by atoms with Crippen LogP contribution >= 0.6 is 0 Å². The first kappa shape index (κ1) is 17.2. The lowest BCUT2D eigenvalue weighted by Gasteiger charge is -2.14. The molecule has 0 radical (unpaired) electrons. The van der Waals surface area contributed by atoms with Gasteiger partial charge < -0.3 is 10.4 Å². The van der Waals surface area contributed by atoms with E-state index in [1.165, 1.54) is 36.4 Å². The number of rotatable bonds is 3. The van der Waals surface area contributed by atoms with E-state index in [9.17, 15) is 13.9 Å². The van der Waals surface area contributed by atoms with E-state index in [1.807, 2.05) is 13.0 Å². The maximum Gasteiger partial charge on any atom is 0.164 e. The number of amidine groups is 1. The molecule has 2 heterocycles. The fraction of sp³-hybridized carbons (Fsp3) is 0.150. The molecule has 0 bridgehead atoms. The number of halogens is 2. The van der Waals surface area contributed by atoms with Gasteiger partial charge in [-0.05, 0) is 48.4 Å². The number of hydrogen-bond donors (Lipinski definition) is 2. The molecule has 0 aliphatic carbocycles. The molecule has 0 saturated heterocycles. The van der Waals surface area contributed by atoms with Gasteiger partial charge in [-0.3, -0.25) is 4.99 Å². The number of nitrogens with zero attached hydrogens (tertiary/aromatic N) is 3. The molecular weight excluding hydrogens is 350 g/mol. The summed E-state index contributed by atoms with van der Waals surface area (Å²) >= 11 is 0. The highest BCUT2D eigenvalue weighted by atomic mass is 19.1. The highest BCUT2D eigenvalue weighted by Gasteiger charge is 2.18. The van der Waals surface area contributed by atoms with Crippen LogP contribution in [0.25, 0.3) is 10.9 Å². The number of anilines is 1. The minimum atomic E-state index is -1.18. The largest absolute Gasteiger partial charge is 0.380 e. The number of aliphatic imine (C=N–C) groups is 1. The normalized spacial score (nSPS) is 14.8. The molecule has 4 rings (SSSR count). The number of benzene rings is 2. The smallest absolute Gasteiger partial charge is 0.164 e. The first-order valence-corrected chi connectivity index (χ1v) is 8.39. The van der Waals surface area contributed by atoms with Gasteiger partial charge in [0.05, 0.1) is 12.1 Å². The molecular formula is C20H16F2N4O. The molecule has 1 aromatic heterocycles. The Bertz CT molecular complexity index is 1080. The highest BCUT2D eigenvalue weighted by molar-refractivity contribution is 6.08. The van der Waals surface area contributed by atoms with Gasteiger partial charge in [-0.15, -0.1) is 0 Å². The summed E-state index contributed by atoms with van der Waals surface area (Å²) in [4.78, 5) is 13.1. The number of aliphatic hydroxyl groups excluding tert-OH is 1. The van der Waals surface area contributed by atoms with E-state index in [4.69, 9.17) is 0 Å². The molecule has 0 fully saturated rings. The lowest BCUT2D eigenvalue weighted by Crippen LogP contribution is -2.13. The van der Waals surface area contributed by atoms with Crippen molar-refractivity contribution in [1.82, 2.24) is 9.97 Å². The van der Waals surface area contributed by atoms with E-state index < -0.39 is 17.7 Å². The second-order valence-corrected chi connectivity index (χ2v) is 6.36. The van der Waals surface area contributed by atoms with Gasteiger partial charge >= 0.3 is 0 Å². The fourth-order valence-electron chi connectivity index (χ4n) is 2.86. The second kappa shape index (κ2) is 6.85. The molecule has 3 aromatic rings. The van der Waals surface area contributed by atoms with Crippen LogP contribution in [-0.2, 0) is 0 Å². The third-order valence-electron chi connectivity index (χ3n) is 4.23. The Morgan fingerprint density at radius 2 is 1.78 bits per heavy atom. The molecule has 1 aliphatic heterocycles. The summed E-state index contributed by atoms with van der Waals surface area (Å²) in [6.45, 7) is 2.57. The molecule has 0 amide bonds. The molecule has 5 nitrogen and oxygen atoms in total. The van der Waals surface area contributed by atoms with Crippen molar-refractivity contribution in [2.24, 2.45) is 4.99 Å². The zero-order valence-corrected chi connectivity index (χ0v) is 14.4. The van der Waals surface area contributed by atoms with E-state index in [0.29, 0.717) is 34.7 Å². The van der Waals surface area contributed by atoms with Crippen LogP contribution in [0.4, 0.5) is 14.6 Å². The minimum absolute atomic E-state index is 0.0847. The third-order valence-corrected chi connectivity index (χ3v) is 4.23. The Morgan fingerprint density at radius 1 is 1.04 bits per heavy atom. The SMILES string of the molecule is CC1=CC(Nc2nc(C(O)c3ccc(F)cc3)nc3cc(F)ccc23)=NC1. The predicted molar refractivity (Wildman–Crippen MR) is 99.6 cm³/mol. The van der Waals surface area contributed by atoms with E-state index >= 15 is 0 Å². The molecule has 0 saturated carbocycles. The van der Waals surface area contributed by atoms with Crippen LogP contribution in [0.3, 0.4) is 0 Å². The highest BCUT2D eigenvalue weighted by Crippen LogP contribution is 2.27. The van der Waals surface area contributed by atoms with Crippen molar-refractivity contribution in [3.63, 3.8) is 0 Å². The lowest BCUT2D eigenvalue weighted by atomic mass is 10.1. The maximum absolute atomic E-state index is 13.7. The molecule has 2 aromatic carbocycles. The summed E-state index contributed by atoms with van der Waals surface area (Å²) in [7, 11) is 0. The summed E-state index contributed by atoms with van der Waals surface area (Å²) in [6, 6.07) is 9.59. The summed E-state index contributed by atoms with van der Waals surface area (Å²) < 4.78 is 26.9. The monoisotopic (exact) mass is 366 g/mol. The summed E-state index contributed by atoms with van der Waals surface area (Å²) in [5.74, 6) is 0.293. The molecule has 1 aliphatic rings. The lowest BCUT2D eigenvalue weighted by molar-refractivity contribution is 0.210. The summed E-state index contributed by atoms with van der Waals surface area (Å²) in [6.07, 6.45) is 0.717. The standard InChI is InChI=1S/C20H16F2N4O/c1-11-8-17(23-10-11)25-19-15-7-6-14(22)9-16(15)24-20(26-19)18(27)12-2-4-13(21)5-3-12/h2-9,18,27H,10H2,1H3,(H,23,24,25,26). The van der Waals surface area contributed by atoms with Gasteiger partial charge in [-0.1, -0.05) is 12.1 Å². The topological polar surface area (TPSA) is 70.4 Å². The zero-order chi connectivity index (χ0) is 19.0. The Kier molecular flexibility index (Phi) is 4.37. The van der Waals surface area contributed by atoms with Crippen LogP contribution in [0, 0.1) is 11.6 Å². The van der Waals surface area contributed by atoms with E-state index in [2.05, 4.69) is 20.3 Å². The molecule has 7 heteroatoms. The Morgan fingerprint density at radius 3 is 2.48 bits per heavy atom. The van der Waals surface area contributed by atoms with Gasteiger partial charge in [0.25, 0.3) is 0 Å². The van der Waals surface area contributed by atoms with Crippen LogP contribution in [-0.4, -0.2) is 27.5 Å². The quantitative estimate of drug-likeness (QED) is 0.740. The Labute approximate surface area is 154 Å². The number of fused-ring (bicyclic) bond motifs is 1. The van der Waals surface area contributed by atoms with Crippen LogP contribution < -0.4 is 5.32 Å². The van der Waals surface area contributed by atoms with Crippen molar-refractivity contribution in [3.8, 4) is 0 Å². The van der Waals surface area contributed by atoms with E-state index in [0.717, 1.165) is 5.57 Å². The van der Waals surface area contributed by atoms with Gasteiger partial charge in [0.15, 0.2) is 5.82 Å². The van der Waals surface area contributed by atoms with Gasteiger partial charge in [-0.25, -0.2) is 18.7 Å². The van der Waals surface area contributed by atoms with Gasteiger partial charge in [0.1, 0.15) is 29.4 Å². The van der Waals surface area contributed by atoms with Gasteiger partial charge in [0.2, 0.25) is 0 Å². The Hall–Kier alpha value is -3.19. The average Bonchev–Trinajstić information content (AvgIpc) is 3.06. The van der Waals surface area contributed by atoms with Crippen LogP contribution in [0.2, 0.25) is 0 Å². The summed E-state index contributed by atoms with van der Waals surface area (Å²) in [5.41, 5.74) is 1.89. The van der Waals surface area contributed by atoms with Crippen molar-refractivity contribution >= 4 is 22.6 Å². The minimum Gasteiger partial charge on any atom is -0.380 e. The number of hydrogen-bond acceptors (Lipinski definition) is 5.